The van der Waals surface area contributed by atoms with Crippen LogP contribution in [0.3, 0.4) is 0 Å². The molecule has 6 nitrogen and oxygen atoms in total. The number of aliphatic hydroxyl groups is 1. The summed E-state index contributed by atoms with van der Waals surface area (Å²) in [5.41, 5.74) is 7.30. The van der Waals surface area contributed by atoms with Crippen LogP contribution in [-0.2, 0) is 4.74 Å². The lowest BCUT2D eigenvalue weighted by Crippen LogP contribution is -2.54. The summed E-state index contributed by atoms with van der Waals surface area (Å²) < 4.78 is 5.82. The Morgan fingerprint density at radius 1 is 1.33 bits per heavy atom. The van der Waals surface area contributed by atoms with Gasteiger partial charge in [0, 0.05) is 13.1 Å². The third-order valence-corrected chi connectivity index (χ3v) is 3.56. The lowest BCUT2D eigenvalue weighted by molar-refractivity contribution is -0.101. The first kappa shape index (κ1) is 14.0. The number of rotatable bonds is 2. The summed E-state index contributed by atoms with van der Waals surface area (Å²) in [6.45, 7) is 5.16. The predicted octanol–water partition coefficient (Wildman–Crippen LogP) is 1.19. The SMILES string of the molecule is CC1(C)CN(c2nc3ccccc3nc2N)CC(CO)O1. The molecule has 1 aromatic carbocycles. The largest absolute Gasteiger partial charge is 0.394 e. The molecule has 21 heavy (non-hydrogen) atoms. The van der Waals surface area contributed by atoms with E-state index in [1.54, 1.807) is 0 Å². The standard InChI is InChI=1S/C15H20N4O2/c1-15(2)9-19(7-10(8-20)21-15)14-13(16)17-11-5-3-4-6-12(11)18-14/h3-6,10,20H,7-9H2,1-2H3,(H2,16,17). The zero-order valence-corrected chi connectivity index (χ0v) is 12.3. The average Bonchev–Trinajstić information content (AvgIpc) is 2.44. The van der Waals surface area contributed by atoms with E-state index in [0.717, 1.165) is 11.0 Å². The second-order valence-electron chi connectivity index (χ2n) is 5.98. The van der Waals surface area contributed by atoms with Crippen molar-refractivity contribution in [2.75, 3.05) is 30.3 Å². The zero-order valence-electron chi connectivity index (χ0n) is 12.3. The Morgan fingerprint density at radius 3 is 2.67 bits per heavy atom. The van der Waals surface area contributed by atoms with Crippen LogP contribution in [0.4, 0.5) is 11.6 Å². The van der Waals surface area contributed by atoms with E-state index in [1.807, 2.05) is 43.0 Å². The Balaban J connectivity index is 2.00. The molecule has 6 heteroatoms. The number of nitrogens with two attached hydrogens (primary N) is 1. The van der Waals surface area contributed by atoms with Crippen molar-refractivity contribution in [1.82, 2.24) is 9.97 Å². The number of aliphatic hydroxyl groups excluding tert-OH is 1. The first-order chi connectivity index (χ1) is 9.98. The maximum absolute atomic E-state index is 9.41. The third-order valence-electron chi connectivity index (χ3n) is 3.56. The van der Waals surface area contributed by atoms with Crippen molar-refractivity contribution < 1.29 is 9.84 Å². The molecule has 0 aliphatic carbocycles. The summed E-state index contributed by atoms with van der Waals surface area (Å²) in [6.07, 6.45) is -0.249. The maximum Gasteiger partial charge on any atom is 0.172 e. The fourth-order valence-corrected chi connectivity index (χ4v) is 2.79. The highest BCUT2D eigenvalue weighted by Crippen LogP contribution is 2.29. The molecule has 2 aromatic rings. The number of nitrogen functional groups attached to an aromatic ring is 1. The van der Waals surface area contributed by atoms with Gasteiger partial charge in [-0.15, -0.1) is 0 Å². The fraction of sp³-hybridized carbons (Fsp3) is 0.467. The molecule has 1 unspecified atom stereocenters. The molecule has 1 atom stereocenters. The van der Waals surface area contributed by atoms with Gasteiger partial charge in [0.2, 0.25) is 0 Å². The highest BCUT2D eigenvalue weighted by atomic mass is 16.5. The number of benzene rings is 1. The van der Waals surface area contributed by atoms with E-state index in [9.17, 15) is 5.11 Å². The highest BCUT2D eigenvalue weighted by molar-refractivity contribution is 5.79. The van der Waals surface area contributed by atoms with Gasteiger partial charge in [-0.2, -0.15) is 0 Å². The van der Waals surface area contributed by atoms with Gasteiger partial charge >= 0.3 is 0 Å². The number of aromatic nitrogens is 2. The second kappa shape index (κ2) is 5.13. The molecule has 1 aromatic heterocycles. The lowest BCUT2D eigenvalue weighted by Gasteiger charge is -2.42. The van der Waals surface area contributed by atoms with Gasteiger partial charge in [0.25, 0.3) is 0 Å². The molecular weight excluding hydrogens is 268 g/mol. The van der Waals surface area contributed by atoms with Gasteiger partial charge in [-0.1, -0.05) is 12.1 Å². The molecule has 2 heterocycles. The molecule has 3 rings (SSSR count). The van der Waals surface area contributed by atoms with Gasteiger partial charge in [0.05, 0.1) is 29.3 Å². The molecule has 0 saturated carbocycles. The Hall–Kier alpha value is -1.92. The minimum Gasteiger partial charge on any atom is -0.394 e. The number of para-hydroxylation sites is 2. The summed E-state index contributed by atoms with van der Waals surface area (Å²) >= 11 is 0. The van der Waals surface area contributed by atoms with Crippen molar-refractivity contribution in [3.05, 3.63) is 24.3 Å². The van der Waals surface area contributed by atoms with E-state index in [-0.39, 0.29) is 18.3 Å². The molecule has 0 amide bonds. The number of hydrogen-bond donors (Lipinski definition) is 2. The average molecular weight is 288 g/mol. The van der Waals surface area contributed by atoms with Gasteiger partial charge < -0.3 is 20.5 Å². The number of hydrogen-bond acceptors (Lipinski definition) is 6. The Labute approximate surface area is 123 Å². The summed E-state index contributed by atoms with van der Waals surface area (Å²) in [7, 11) is 0. The zero-order chi connectivity index (χ0) is 15.0. The molecule has 1 fully saturated rings. The quantitative estimate of drug-likeness (QED) is 0.863. The molecule has 1 aliphatic heterocycles. The van der Waals surface area contributed by atoms with Crippen LogP contribution in [0.25, 0.3) is 11.0 Å². The van der Waals surface area contributed by atoms with E-state index < -0.39 is 0 Å². The predicted molar refractivity (Wildman–Crippen MR) is 82.2 cm³/mol. The number of fused-ring (bicyclic) bond motifs is 1. The highest BCUT2D eigenvalue weighted by Gasteiger charge is 2.34. The molecule has 3 N–H and O–H groups in total. The van der Waals surface area contributed by atoms with Crippen molar-refractivity contribution in [2.45, 2.75) is 25.6 Å². The Morgan fingerprint density at radius 2 is 2.00 bits per heavy atom. The molecule has 1 aliphatic rings. The minimum atomic E-state index is -0.370. The lowest BCUT2D eigenvalue weighted by atomic mass is 10.1. The van der Waals surface area contributed by atoms with Crippen LogP contribution in [-0.4, -0.2) is 46.5 Å². The van der Waals surface area contributed by atoms with Crippen molar-refractivity contribution in [2.24, 2.45) is 0 Å². The summed E-state index contributed by atoms with van der Waals surface area (Å²) in [4.78, 5) is 11.1. The second-order valence-corrected chi connectivity index (χ2v) is 5.98. The van der Waals surface area contributed by atoms with E-state index in [2.05, 4.69) is 9.97 Å². The van der Waals surface area contributed by atoms with Crippen molar-refractivity contribution in [3.63, 3.8) is 0 Å². The minimum absolute atomic E-state index is 0.0269. The molecule has 0 spiro atoms. The van der Waals surface area contributed by atoms with Gasteiger partial charge in [-0.05, 0) is 26.0 Å². The van der Waals surface area contributed by atoms with Gasteiger partial charge in [-0.25, -0.2) is 9.97 Å². The summed E-state index contributed by atoms with van der Waals surface area (Å²) in [6, 6.07) is 7.65. The van der Waals surface area contributed by atoms with E-state index in [4.69, 9.17) is 10.5 Å². The van der Waals surface area contributed by atoms with Crippen LogP contribution in [0.5, 0.6) is 0 Å². The first-order valence-electron chi connectivity index (χ1n) is 7.04. The number of anilines is 2. The van der Waals surface area contributed by atoms with Gasteiger partial charge in [-0.3, -0.25) is 0 Å². The van der Waals surface area contributed by atoms with Crippen molar-refractivity contribution >= 4 is 22.7 Å². The normalized spacial score (nSPS) is 21.7. The van der Waals surface area contributed by atoms with Crippen LogP contribution >= 0.6 is 0 Å². The molecular formula is C15H20N4O2. The molecule has 1 saturated heterocycles. The van der Waals surface area contributed by atoms with Crippen molar-refractivity contribution in [3.8, 4) is 0 Å². The number of morpholine rings is 1. The van der Waals surface area contributed by atoms with Crippen LogP contribution in [0, 0.1) is 0 Å². The van der Waals surface area contributed by atoms with E-state index >= 15 is 0 Å². The topological polar surface area (TPSA) is 84.5 Å². The fourth-order valence-electron chi connectivity index (χ4n) is 2.79. The van der Waals surface area contributed by atoms with Crippen molar-refractivity contribution in [1.29, 1.82) is 0 Å². The van der Waals surface area contributed by atoms with Gasteiger partial charge in [0.1, 0.15) is 0 Å². The smallest absolute Gasteiger partial charge is 0.172 e. The Kier molecular flexibility index (Phi) is 3.43. The molecule has 0 radical (unpaired) electrons. The maximum atomic E-state index is 9.41. The van der Waals surface area contributed by atoms with E-state index in [1.165, 1.54) is 0 Å². The number of nitrogens with zero attached hydrogens (tertiary/aromatic N) is 3. The van der Waals surface area contributed by atoms with E-state index in [0.29, 0.717) is 24.7 Å². The summed E-state index contributed by atoms with van der Waals surface area (Å²) in [5, 5.41) is 9.41. The number of ether oxygens (including phenoxy) is 1. The third kappa shape index (κ3) is 2.77. The van der Waals surface area contributed by atoms with Crippen LogP contribution in [0.15, 0.2) is 24.3 Å². The monoisotopic (exact) mass is 288 g/mol. The first-order valence-corrected chi connectivity index (χ1v) is 7.04. The van der Waals surface area contributed by atoms with Crippen LogP contribution in [0.2, 0.25) is 0 Å². The summed E-state index contributed by atoms with van der Waals surface area (Å²) in [5.74, 6) is 1.06. The molecule has 112 valence electrons. The van der Waals surface area contributed by atoms with Gasteiger partial charge in [0.15, 0.2) is 11.6 Å². The van der Waals surface area contributed by atoms with Crippen LogP contribution < -0.4 is 10.6 Å². The molecule has 0 bridgehead atoms. The van der Waals surface area contributed by atoms with Crippen LogP contribution in [0.1, 0.15) is 13.8 Å². The Bertz CT molecular complexity index is 659.